The minimum Gasteiger partial charge on any atom is -0.497 e. The van der Waals surface area contributed by atoms with Crippen LogP contribution in [-0.4, -0.2) is 58.1 Å². The zero-order valence-electron chi connectivity index (χ0n) is 26.3. The molecule has 234 valence electrons. The van der Waals surface area contributed by atoms with E-state index in [4.69, 9.17) is 18.9 Å². The van der Waals surface area contributed by atoms with Crippen LogP contribution in [0.25, 0.3) is 11.0 Å². The number of carbonyl (C=O) groups is 1. The van der Waals surface area contributed by atoms with Crippen LogP contribution in [0, 0.1) is 16.7 Å². The first-order valence-corrected chi connectivity index (χ1v) is 15.0. The summed E-state index contributed by atoms with van der Waals surface area (Å²) < 4.78 is 25.6. The third-order valence-corrected chi connectivity index (χ3v) is 9.19. The third-order valence-electron chi connectivity index (χ3n) is 9.19. The predicted octanol–water partition coefficient (Wildman–Crippen LogP) is 5.76. The molecule has 1 aliphatic carbocycles. The maximum absolute atomic E-state index is 13.3. The van der Waals surface area contributed by atoms with Gasteiger partial charge in [-0.05, 0) is 69.0 Å². The molecule has 0 unspecified atom stereocenters. The number of carbonyl (C=O) groups excluding carboxylic acids is 1. The molecule has 0 bridgehead atoms. The molecule has 1 saturated heterocycles. The minimum absolute atomic E-state index is 0.0494. The van der Waals surface area contributed by atoms with Crippen LogP contribution in [0.4, 0.5) is 10.6 Å². The second-order valence-electron chi connectivity index (χ2n) is 12.8. The summed E-state index contributed by atoms with van der Waals surface area (Å²) in [5.41, 5.74) is 2.19. The zero-order valence-corrected chi connectivity index (χ0v) is 26.3. The van der Waals surface area contributed by atoms with E-state index in [1.165, 1.54) is 0 Å². The molecule has 1 aliphatic heterocycles. The van der Waals surface area contributed by atoms with Crippen molar-refractivity contribution in [2.24, 2.45) is 5.41 Å². The van der Waals surface area contributed by atoms with Crippen molar-refractivity contribution < 1.29 is 23.7 Å². The summed E-state index contributed by atoms with van der Waals surface area (Å²) in [5, 5.41) is 9.43. The summed E-state index contributed by atoms with van der Waals surface area (Å²) >= 11 is 0. The molecule has 45 heavy (non-hydrogen) atoms. The number of rotatable bonds is 9. The number of hydrogen-bond acceptors (Lipinski definition) is 9. The number of imidazole rings is 1. The lowest BCUT2D eigenvalue weighted by Gasteiger charge is -2.47. The van der Waals surface area contributed by atoms with E-state index in [9.17, 15) is 10.1 Å². The lowest BCUT2D eigenvalue weighted by molar-refractivity contribution is -0.109. The van der Waals surface area contributed by atoms with Gasteiger partial charge in [-0.25, -0.2) is 14.8 Å². The molecule has 2 aliphatic rings. The van der Waals surface area contributed by atoms with Gasteiger partial charge in [-0.1, -0.05) is 19.1 Å². The highest BCUT2D eigenvalue weighted by Gasteiger charge is 2.55. The molecular weight excluding hydrogens is 572 g/mol. The van der Waals surface area contributed by atoms with Gasteiger partial charge in [0.15, 0.2) is 5.82 Å². The number of aromatic nitrogens is 4. The van der Waals surface area contributed by atoms with E-state index >= 15 is 0 Å². The van der Waals surface area contributed by atoms with Crippen LogP contribution in [0.1, 0.15) is 56.9 Å². The predicted molar refractivity (Wildman–Crippen MR) is 167 cm³/mol. The lowest BCUT2D eigenvalue weighted by Crippen LogP contribution is -2.52. The largest absolute Gasteiger partial charge is 0.497 e. The second kappa shape index (κ2) is 11.8. The molecule has 4 aromatic rings. The number of ether oxygens (including phenoxy) is 4. The molecule has 0 N–H and O–H groups in total. The van der Waals surface area contributed by atoms with Gasteiger partial charge in [0.25, 0.3) is 0 Å². The molecule has 1 saturated carbocycles. The molecule has 11 nitrogen and oxygen atoms in total. The Bertz CT molecular complexity index is 1730. The van der Waals surface area contributed by atoms with E-state index in [2.05, 4.69) is 32.5 Å². The Morgan fingerprint density at radius 2 is 1.91 bits per heavy atom. The monoisotopic (exact) mass is 610 g/mol. The van der Waals surface area contributed by atoms with Crippen molar-refractivity contribution in [1.29, 1.82) is 5.26 Å². The number of methoxy groups -OCH3 is 2. The first-order valence-electron chi connectivity index (χ1n) is 15.0. The maximum Gasteiger partial charge on any atom is 0.416 e. The number of anilines is 1. The van der Waals surface area contributed by atoms with E-state index in [1.54, 1.807) is 43.9 Å². The number of benzene rings is 2. The third kappa shape index (κ3) is 5.95. The van der Waals surface area contributed by atoms with Gasteiger partial charge in [0.2, 0.25) is 0 Å². The number of hydrogen-bond donors (Lipinski definition) is 0. The summed E-state index contributed by atoms with van der Waals surface area (Å²) in [5.74, 6) is 1.23. The molecule has 3 heterocycles. The topological polar surface area (TPSA) is 125 Å². The van der Waals surface area contributed by atoms with Crippen LogP contribution < -0.4 is 9.64 Å². The van der Waals surface area contributed by atoms with Gasteiger partial charge in [-0.2, -0.15) is 5.26 Å². The van der Waals surface area contributed by atoms with Gasteiger partial charge >= 0.3 is 6.09 Å². The number of nitrogens with zero attached hydrogens (tertiary/aromatic N) is 6. The van der Waals surface area contributed by atoms with Crippen molar-refractivity contribution in [3.63, 3.8) is 0 Å². The van der Waals surface area contributed by atoms with Crippen molar-refractivity contribution in [2.75, 3.05) is 25.7 Å². The Kier molecular flexibility index (Phi) is 7.97. The number of nitriles is 1. The van der Waals surface area contributed by atoms with Crippen LogP contribution in [-0.2, 0) is 33.0 Å². The van der Waals surface area contributed by atoms with Crippen molar-refractivity contribution >= 4 is 22.9 Å². The molecule has 6 rings (SSSR count). The summed E-state index contributed by atoms with van der Waals surface area (Å²) in [6, 6.07) is 15.4. The van der Waals surface area contributed by atoms with E-state index < -0.39 is 17.3 Å². The maximum atomic E-state index is 13.3. The first kappa shape index (κ1) is 30.5. The van der Waals surface area contributed by atoms with Crippen LogP contribution in [0.15, 0.2) is 61.2 Å². The van der Waals surface area contributed by atoms with Crippen LogP contribution in [0.5, 0.6) is 5.75 Å². The van der Waals surface area contributed by atoms with Crippen LogP contribution in [0.3, 0.4) is 0 Å². The Morgan fingerprint density at radius 3 is 2.60 bits per heavy atom. The molecule has 2 fully saturated rings. The fraction of sp³-hybridized carbons (Fsp3) is 0.441. The quantitative estimate of drug-likeness (QED) is 0.233. The van der Waals surface area contributed by atoms with Gasteiger partial charge in [0, 0.05) is 19.1 Å². The summed E-state index contributed by atoms with van der Waals surface area (Å²) in [6.45, 7) is 7.42. The average Bonchev–Trinajstić information content (AvgIpc) is 3.59. The second-order valence-corrected chi connectivity index (χ2v) is 12.8. The van der Waals surface area contributed by atoms with Gasteiger partial charge < -0.3 is 23.5 Å². The van der Waals surface area contributed by atoms with E-state index in [-0.39, 0.29) is 11.5 Å². The van der Waals surface area contributed by atoms with Crippen LogP contribution in [0.2, 0.25) is 0 Å². The smallest absolute Gasteiger partial charge is 0.416 e. The normalized spacial score (nSPS) is 23.3. The lowest BCUT2D eigenvalue weighted by atomic mass is 9.66. The summed E-state index contributed by atoms with van der Waals surface area (Å²) in [6.07, 6.45) is 6.58. The zero-order chi connectivity index (χ0) is 31.8. The fourth-order valence-electron chi connectivity index (χ4n) is 6.74. The Hall–Kier alpha value is -4.53. The van der Waals surface area contributed by atoms with E-state index in [1.807, 2.05) is 50.2 Å². The molecule has 2 aromatic heterocycles. The fourth-order valence-corrected chi connectivity index (χ4v) is 6.74. The summed E-state index contributed by atoms with van der Waals surface area (Å²) in [7, 11) is 3.37. The molecular formula is C34H38N6O5. The Labute approximate surface area is 262 Å². The molecule has 2 aromatic carbocycles. The van der Waals surface area contributed by atoms with Gasteiger partial charge in [-0.15, -0.1) is 0 Å². The Morgan fingerprint density at radius 1 is 1.11 bits per heavy atom. The van der Waals surface area contributed by atoms with Gasteiger partial charge in [-0.3, -0.25) is 9.88 Å². The molecule has 1 amide bonds. The molecule has 11 heteroatoms. The van der Waals surface area contributed by atoms with E-state index in [0.29, 0.717) is 49.6 Å². The number of amides is 1. The molecule has 0 radical (unpaired) electrons. The summed E-state index contributed by atoms with van der Waals surface area (Å²) in [4.78, 5) is 28.7. The van der Waals surface area contributed by atoms with Crippen molar-refractivity contribution in [3.05, 3.63) is 78.0 Å². The Balaban J connectivity index is 1.16. The van der Waals surface area contributed by atoms with E-state index in [0.717, 1.165) is 28.8 Å². The van der Waals surface area contributed by atoms with Crippen LogP contribution >= 0.6 is 0 Å². The minimum atomic E-state index is -0.704. The highest BCUT2D eigenvalue weighted by atomic mass is 16.6. The van der Waals surface area contributed by atoms with Gasteiger partial charge in [0.05, 0.1) is 73.4 Å². The number of fused-ring (bicyclic) bond motifs is 1. The average molecular weight is 611 g/mol. The molecule has 3 atom stereocenters. The first-order chi connectivity index (χ1) is 21.6. The SMILES string of the molecule is COc1ccc(COC(C)(C)c2cnc(N3C[C@@]4(CC[C@@H](OC)[C@](C)(Cn5cnc6ccc(C#N)cc65)C4)OC3=O)cn2)cc1. The van der Waals surface area contributed by atoms with Crippen molar-refractivity contribution in [2.45, 2.75) is 70.5 Å². The van der Waals surface area contributed by atoms with Gasteiger partial charge in [0.1, 0.15) is 17.0 Å². The highest BCUT2D eigenvalue weighted by Crippen LogP contribution is 2.49. The molecule has 1 spiro atoms. The standard InChI is InChI=1S/C34H38N6O5/c1-32(2,44-18-23-6-9-25(42-4)10-7-23)28-16-37-30(17-36-28)40-21-34(45-31(40)41)13-12-29(43-5)33(3,19-34)20-39-22-38-26-11-8-24(15-35)14-27(26)39/h6-11,14,16-17,22,29H,12-13,18-21H2,1-5H3/t29-,33+,34+/m1/s1. The highest BCUT2D eigenvalue weighted by molar-refractivity contribution is 5.89. The van der Waals surface area contributed by atoms with Crippen molar-refractivity contribution in [3.8, 4) is 11.8 Å². The van der Waals surface area contributed by atoms with Crippen molar-refractivity contribution in [1.82, 2.24) is 19.5 Å².